The predicted octanol–water partition coefficient (Wildman–Crippen LogP) is 4.24. The Balaban J connectivity index is 2.33. The summed E-state index contributed by atoms with van der Waals surface area (Å²) in [5.74, 6) is 2.38. The highest BCUT2D eigenvalue weighted by atomic mass is 127. The lowest BCUT2D eigenvalue weighted by molar-refractivity contribution is 0.317. The standard InChI is InChI=1S/C16H20IN3O/c1-4-9-21-12-7-5-11(6-8-12)16-19-14(10(2)3)13(17)15(18)20-16/h5-8,10H,4,9H2,1-3H3,(H2,18,19,20). The number of rotatable bonds is 5. The second-order valence-electron chi connectivity index (χ2n) is 5.16. The molecule has 0 atom stereocenters. The van der Waals surface area contributed by atoms with Gasteiger partial charge in [-0.1, -0.05) is 20.8 Å². The largest absolute Gasteiger partial charge is 0.494 e. The summed E-state index contributed by atoms with van der Waals surface area (Å²) in [4.78, 5) is 9.05. The lowest BCUT2D eigenvalue weighted by Gasteiger charge is -2.12. The van der Waals surface area contributed by atoms with E-state index in [-0.39, 0.29) is 0 Å². The number of halogens is 1. The summed E-state index contributed by atoms with van der Waals surface area (Å²) in [6.07, 6.45) is 0.996. The van der Waals surface area contributed by atoms with Gasteiger partial charge in [0.15, 0.2) is 5.82 Å². The van der Waals surface area contributed by atoms with E-state index in [0.29, 0.717) is 17.6 Å². The van der Waals surface area contributed by atoms with Crippen LogP contribution in [0.15, 0.2) is 24.3 Å². The number of hydrogen-bond donors (Lipinski definition) is 1. The highest BCUT2D eigenvalue weighted by molar-refractivity contribution is 14.1. The fourth-order valence-electron chi connectivity index (χ4n) is 1.91. The van der Waals surface area contributed by atoms with E-state index in [1.807, 2.05) is 24.3 Å². The van der Waals surface area contributed by atoms with Crippen molar-refractivity contribution in [2.75, 3.05) is 12.3 Å². The molecule has 2 rings (SSSR count). The van der Waals surface area contributed by atoms with Crippen LogP contribution in [0.2, 0.25) is 0 Å². The second-order valence-corrected chi connectivity index (χ2v) is 6.24. The van der Waals surface area contributed by atoms with E-state index in [9.17, 15) is 0 Å². The maximum Gasteiger partial charge on any atom is 0.161 e. The first-order chi connectivity index (χ1) is 10.0. The zero-order chi connectivity index (χ0) is 15.4. The van der Waals surface area contributed by atoms with Crippen molar-refractivity contribution >= 4 is 28.4 Å². The Labute approximate surface area is 139 Å². The molecule has 0 aliphatic rings. The molecule has 4 nitrogen and oxygen atoms in total. The molecule has 0 aliphatic heterocycles. The Hall–Kier alpha value is -1.37. The molecule has 0 bridgehead atoms. The van der Waals surface area contributed by atoms with Gasteiger partial charge in [-0.25, -0.2) is 9.97 Å². The van der Waals surface area contributed by atoms with Gasteiger partial charge in [-0.2, -0.15) is 0 Å². The number of hydrogen-bond acceptors (Lipinski definition) is 4. The molecular weight excluding hydrogens is 377 g/mol. The lowest BCUT2D eigenvalue weighted by atomic mass is 10.1. The summed E-state index contributed by atoms with van der Waals surface area (Å²) in [5.41, 5.74) is 7.95. The lowest BCUT2D eigenvalue weighted by Crippen LogP contribution is -2.06. The first-order valence-corrected chi connectivity index (χ1v) is 8.17. The second kappa shape index (κ2) is 7.06. The van der Waals surface area contributed by atoms with E-state index in [1.54, 1.807) is 0 Å². The van der Waals surface area contributed by atoms with Crippen LogP contribution < -0.4 is 10.5 Å². The monoisotopic (exact) mass is 397 g/mol. The molecule has 0 unspecified atom stereocenters. The van der Waals surface area contributed by atoms with Crippen LogP contribution in [0.25, 0.3) is 11.4 Å². The quantitative estimate of drug-likeness (QED) is 0.767. The highest BCUT2D eigenvalue weighted by Crippen LogP contribution is 2.27. The van der Waals surface area contributed by atoms with Crippen molar-refractivity contribution in [3.8, 4) is 17.1 Å². The SMILES string of the molecule is CCCOc1ccc(-c2nc(N)c(I)c(C(C)C)n2)cc1. The Kier molecular flexibility index (Phi) is 5.39. The molecule has 5 heteroatoms. The third-order valence-corrected chi connectivity index (χ3v) is 4.14. The number of anilines is 1. The van der Waals surface area contributed by atoms with Crippen molar-refractivity contribution in [1.29, 1.82) is 0 Å². The smallest absolute Gasteiger partial charge is 0.161 e. The third kappa shape index (κ3) is 3.84. The maximum atomic E-state index is 6.01. The van der Waals surface area contributed by atoms with Gasteiger partial charge in [0.1, 0.15) is 11.6 Å². The maximum absolute atomic E-state index is 6.01. The van der Waals surface area contributed by atoms with Gasteiger partial charge in [-0.15, -0.1) is 0 Å². The number of nitrogen functional groups attached to an aromatic ring is 1. The summed E-state index contributed by atoms with van der Waals surface area (Å²) in [6, 6.07) is 7.82. The number of nitrogens with zero attached hydrogens (tertiary/aromatic N) is 2. The summed E-state index contributed by atoms with van der Waals surface area (Å²) >= 11 is 2.21. The van der Waals surface area contributed by atoms with Crippen molar-refractivity contribution in [3.05, 3.63) is 33.5 Å². The Bertz CT molecular complexity index is 612. The van der Waals surface area contributed by atoms with E-state index in [1.165, 1.54) is 0 Å². The number of benzene rings is 1. The molecule has 0 amide bonds. The molecule has 2 N–H and O–H groups in total. The van der Waals surface area contributed by atoms with Gasteiger partial charge in [0.25, 0.3) is 0 Å². The van der Waals surface area contributed by atoms with Crippen LogP contribution in [0.5, 0.6) is 5.75 Å². The van der Waals surface area contributed by atoms with E-state index in [0.717, 1.165) is 33.6 Å². The number of ether oxygens (including phenoxy) is 1. The molecule has 1 heterocycles. The summed E-state index contributed by atoms with van der Waals surface area (Å²) in [5, 5.41) is 0. The molecule has 1 aromatic heterocycles. The average Bonchev–Trinajstić information content (AvgIpc) is 2.48. The normalized spacial score (nSPS) is 10.9. The third-order valence-electron chi connectivity index (χ3n) is 3.03. The van der Waals surface area contributed by atoms with Crippen LogP contribution >= 0.6 is 22.6 Å². The summed E-state index contributed by atoms with van der Waals surface area (Å²) in [6.45, 7) is 7.03. The van der Waals surface area contributed by atoms with Gasteiger partial charge < -0.3 is 10.5 Å². The molecule has 112 valence electrons. The van der Waals surface area contributed by atoms with E-state index >= 15 is 0 Å². The molecule has 0 aliphatic carbocycles. The molecule has 0 fully saturated rings. The highest BCUT2D eigenvalue weighted by Gasteiger charge is 2.14. The molecule has 2 aromatic rings. The fourth-order valence-corrected chi connectivity index (χ4v) is 2.78. The molecule has 0 saturated carbocycles. The average molecular weight is 397 g/mol. The zero-order valence-electron chi connectivity index (χ0n) is 12.6. The van der Waals surface area contributed by atoms with Gasteiger partial charge >= 0.3 is 0 Å². The van der Waals surface area contributed by atoms with Gasteiger partial charge in [0.05, 0.1) is 15.9 Å². The number of aromatic nitrogens is 2. The predicted molar refractivity (Wildman–Crippen MR) is 94.5 cm³/mol. The van der Waals surface area contributed by atoms with Crippen molar-refractivity contribution in [3.63, 3.8) is 0 Å². The van der Waals surface area contributed by atoms with Crippen LogP contribution in [0.1, 0.15) is 38.8 Å². The minimum absolute atomic E-state index is 0.313. The molecular formula is C16H20IN3O. The molecule has 0 saturated heterocycles. The molecule has 0 spiro atoms. The molecule has 21 heavy (non-hydrogen) atoms. The Morgan fingerprint density at radius 1 is 1.19 bits per heavy atom. The van der Waals surface area contributed by atoms with Crippen molar-refractivity contribution < 1.29 is 4.74 Å². The van der Waals surface area contributed by atoms with Gasteiger partial charge in [-0.3, -0.25) is 0 Å². The summed E-state index contributed by atoms with van der Waals surface area (Å²) < 4.78 is 6.52. The first-order valence-electron chi connectivity index (χ1n) is 7.09. The Morgan fingerprint density at radius 3 is 2.43 bits per heavy atom. The van der Waals surface area contributed by atoms with E-state index < -0.39 is 0 Å². The summed E-state index contributed by atoms with van der Waals surface area (Å²) in [7, 11) is 0. The topological polar surface area (TPSA) is 61.0 Å². The van der Waals surface area contributed by atoms with Crippen molar-refractivity contribution in [2.24, 2.45) is 0 Å². The fraction of sp³-hybridized carbons (Fsp3) is 0.375. The van der Waals surface area contributed by atoms with Crippen molar-refractivity contribution in [2.45, 2.75) is 33.1 Å². The minimum Gasteiger partial charge on any atom is -0.494 e. The van der Waals surface area contributed by atoms with Crippen LogP contribution in [0.4, 0.5) is 5.82 Å². The van der Waals surface area contributed by atoms with Gasteiger partial charge in [0.2, 0.25) is 0 Å². The van der Waals surface area contributed by atoms with Crippen LogP contribution in [0.3, 0.4) is 0 Å². The van der Waals surface area contributed by atoms with E-state index in [2.05, 4.69) is 53.3 Å². The van der Waals surface area contributed by atoms with Crippen LogP contribution in [-0.4, -0.2) is 16.6 Å². The Morgan fingerprint density at radius 2 is 1.86 bits per heavy atom. The van der Waals surface area contributed by atoms with Crippen LogP contribution in [-0.2, 0) is 0 Å². The number of nitrogens with two attached hydrogens (primary N) is 1. The van der Waals surface area contributed by atoms with Gasteiger partial charge in [0, 0.05) is 5.56 Å². The minimum atomic E-state index is 0.313. The van der Waals surface area contributed by atoms with E-state index in [4.69, 9.17) is 10.5 Å². The first kappa shape index (κ1) is 16.0. The van der Waals surface area contributed by atoms with Crippen molar-refractivity contribution in [1.82, 2.24) is 9.97 Å². The molecule has 1 aromatic carbocycles. The van der Waals surface area contributed by atoms with Gasteiger partial charge in [-0.05, 0) is 59.2 Å². The zero-order valence-corrected chi connectivity index (χ0v) is 14.7. The molecule has 0 radical (unpaired) electrons. The van der Waals surface area contributed by atoms with Crippen LogP contribution in [0, 0.1) is 3.57 Å².